The average molecular weight is 224 g/mol. The molecule has 6 heteroatoms. The molecule has 0 aliphatic carbocycles. The minimum Gasteiger partial charge on any atom is -0.396 e. The standard InChI is InChI=1S/C10H16N4O2/c15-6-1-3-9-7-14(12-11-9)8-10(16)13-4-2-5-13/h7,15H,1-6,8H2. The van der Waals surface area contributed by atoms with Crippen molar-refractivity contribution in [1.82, 2.24) is 19.9 Å². The zero-order valence-electron chi connectivity index (χ0n) is 9.17. The van der Waals surface area contributed by atoms with Gasteiger partial charge >= 0.3 is 0 Å². The van der Waals surface area contributed by atoms with Gasteiger partial charge in [0.1, 0.15) is 6.54 Å². The van der Waals surface area contributed by atoms with Gasteiger partial charge in [-0.15, -0.1) is 5.10 Å². The Morgan fingerprint density at radius 3 is 2.94 bits per heavy atom. The van der Waals surface area contributed by atoms with Crippen LogP contribution in [0.4, 0.5) is 0 Å². The van der Waals surface area contributed by atoms with Crippen molar-refractivity contribution >= 4 is 5.91 Å². The molecule has 6 nitrogen and oxygen atoms in total. The molecule has 2 heterocycles. The van der Waals surface area contributed by atoms with E-state index in [9.17, 15) is 4.79 Å². The highest BCUT2D eigenvalue weighted by molar-refractivity contribution is 5.76. The van der Waals surface area contributed by atoms with Crippen LogP contribution in [0.3, 0.4) is 0 Å². The molecule has 0 unspecified atom stereocenters. The molecule has 1 aromatic rings. The van der Waals surface area contributed by atoms with E-state index in [1.807, 2.05) is 4.90 Å². The Morgan fingerprint density at radius 1 is 1.50 bits per heavy atom. The molecular weight excluding hydrogens is 208 g/mol. The van der Waals surface area contributed by atoms with Gasteiger partial charge < -0.3 is 10.0 Å². The van der Waals surface area contributed by atoms with E-state index in [0.717, 1.165) is 25.2 Å². The largest absolute Gasteiger partial charge is 0.396 e. The minimum absolute atomic E-state index is 0.102. The lowest BCUT2D eigenvalue weighted by Gasteiger charge is -2.30. The molecule has 0 radical (unpaired) electrons. The van der Waals surface area contributed by atoms with E-state index < -0.39 is 0 Å². The lowest BCUT2D eigenvalue weighted by Crippen LogP contribution is -2.43. The first-order chi connectivity index (χ1) is 7.79. The van der Waals surface area contributed by atoms with E-state index >= 15 is 0 Å². The van der Waals surface area contributed by atoms with E-state index in [-0.39, 0.29) is 19.1 Å². The predicted octanol–water partition coefficient (Wildman–Crippen LogP) is -0.565. The summed E-state index contributed by atoms with van der Waals surface area (Å²) in [4.78, 5) is 13.4. The van der Waals surface area contributed by atoms with E-state index in [0.29, 0.717) is 12.8 Å². The highest BCUT2D eigenvalue weighted by atomic mass is 16.2. The van der Waals surface area contributed by atoms with Crippen molar-refractivity contribution in [3.8, 4) is 0 Å². The predicted molar refractivity (Wildman–Crippen MR) is 56.6 cm³/mol. The smallest absolute Gasteiger partial charge is 0.244 e. The molecular formula is C10H16N4O2. The summed E-state index contributed by atoms with van der Waals surface area (Å²) in [6, 6.07) is 0. The van der Waals surface area contributed by atoms with E-state index in [1.165, 1.54) is 0 Å². The molecule has 88 valence electrons. The number of carbonyl (C=O) groups excluding carboxylic acids is 1. The monoisotopic (exact) mass is 224 g/mol. The van der Waals surface area contributed by atoms with Gasteiger partial charge in [0.2, 0.25) is 5.91 Å². The van der Waals surface area contributed by atoms with Crippen molar-refractivity contribution in [3.05, 3.63) is 11.9 Å². The molecule has 1 aliphatic rings. The van der Waals surface area contributed by atoms with Crippen molar-refractivity contribution in [3.63, 3.8) is 0 Å². The summed E-state index contributed by atoms with van der Waals surface area (Å²) in [5.74, 6) is 0.102. The molecule has 0 atom stereocenters. The Hall–Kier alpha value is -1.43. The molecule has 1 amide bonds. The maximum absolute atomic E-state index is 11.6. The fourth-order valence-corrected chi connectivity index (χ4v) is 1.59. The van der Waals surface area contributed by atoms with Crippen molar-refractivity contribution in [1.29, 1.82) is 0 Å². The number of hydrogen-bond donors (Lipinski definition) is 1. The second-order valence-corrected chi connectivity index (χ2v) is 3.97. The fraction of sp³-hybridized carbons (Fsp3) is 0.700. The van der Waals surface area contributed by atoms with Gasteiger partial charge in [0.25, 0.3) is 0 Å². The van der Waals surface area contributed by atoms with Gasteiger partial charge in [0, 0.05) is 25.9 Å². The van der Waals surface area contributed by atoms with Crippen LogP contribution in [0.25, 0.3) is 0 Å². The van der Waals surface area contributed by atoms with E-state index in [1.54, 1.807) is 10.9 Å². The van der Waals surface area contributed by atoms with Crippen LogP contribution in [0.1, 0.15) is 18.5 Å². The highest BCUT2D eigenvalue weighted by Gasteiger charge is 2.20. The molecule has 1 aliphatic heterocycles. The van der Waals surface area contributed by atoms with Crippen LogP contribution in [0, 0.1) is 0 Å². The van der Waals surface area contributed by atoms with Crippen molar-refractivity contribution in [2.75, 3.05) is 19.7 Å². The second kappa shape index (κ2) is 5.07. The fourth-order valence-electron chi connectivity index (χ4n) is 1.59. The first kappa shape index (κ1) is 11.1. The summed E-state index contributed by atoms with van der Waals surface area (Å²) in [5.41, 5.74) is 0.824. The van der Waals surface area contributed by atoms with Crippen LogP contribution in [0.5, 0.6) is 0 Å². The van der Waals surface area contributed by atoms with Gasteiger partial charge in [0.15, 0.2) is 0 Å². The normalized spacial score (nSPS) is 14.9. The summed E-state index contributed by atoms with van der Waals surface area (Å²) < 4.78 is 1.56. The quantitative estimate of drug-likeness (QED) is 0.727. The third-order valence-electron chi connectivity index (χ3n) is 2.68. The number of aryl methyl sites for hydroxylation is 1. The molecule has 2 rings (SSSR count). The number of likely N-dealkylation sites (tertiary alicyclic amines) is 1. The summed E-state index contributed by atoms with van der Waals surface area (Å²) >= 11 is 0. The number of amides is 1. The van der Waals surface area contributed by atoms with Crippen LogP contribution in [0.2, 0.25) is 0 Å². The topological polar surface area (TPSA) is 71.2 Å². The summed E-state index contributed by atoms with van der Waals surface area (Å²) in [6.45, 7) is 2.15. The zero-order chi connectivity index (χ0) is 11.4. The SMILES string of the molecule is O=C(Cn1cc(CCCO)nn1)N1CCC1. The Kier molecular flexibility index (Phi) is 3.51. The van der Waals surface area contributed by atoms with Crippen molar-refractivity contribution < 1.29 is 9.90 Å². The number of rotatable bonds is 5. The van der Waals surface area contributed by atoms with Gasteiger partial charge in [-0.25, -0.2) is 4.68 Å². The first-order valence-corrected chi connectivity index (χ1v) is 5.57. The van der Waals surface area contributed by atoms with E-state index in [4.69, 9.17) is 5.11 Å². The Morgan fingerprint density at radius 2 is 2.31 bits per heavy atom. The van der Waals surface area contributed by atoms with Crippen molar-refractivity contribution in [2.24, 2.45) is 0 Å². The van der Waals surface area contributed by atoms with Crippen LogP contribution in [-0.2, 0) is 17.8 Å². The van der Waals surface area contributed by atoms with E-state index in [2.05, 4.69) is 10.3 Å². The van der Waals surface area contributed by atoms with Crippen molar-refractivity contribution in [2.45, 2.75) is 25.8 Å². The Balaban J connectivity index is 1.84. The summed E-state index contributed by atoms with van der Waals surface area (Å²) in [6.07, 6.45) is 4.26. The molecule has 1 N–H and O–H groups in total. The number of hydrogen-bond acceptors (Lipinski definition) is 4. The molecule has 0 spiro atoms. The number of carbonyl (C=O) groups is 1. The van der Waals surface area contributed by atoms with Gasteiger partial charge in [0.05, 0.1) is 5.69 Å². The lowest BCUT2D eigenvalue weighted by molar-refractivity contribution is -0.135. The highest BCUT2D eigenvalue weighted by Crippen LogP contribution is 2.07. The van der Waals surface area contributed by atoms with Crippen LogP contribution < -0.4 is 0 Å². The minimum atomic E-state index is 0.102. The molecule has 1 saturated heterocycles. The van der Waals surface area contributed by atoms with Gasteiger partial charge in [-0.05, 0) is 19.3 Å². The molecule has 16 heavy (non-hydrogen) atoms. The Bertz CT molecular complexity index is 359. The molecule has 0 aromatic carbocycles. The van der Waals surface area contributed by atoms with Gasteiger partial charge in [-0.1, -0.05) is 5.21 Å². The third-order valence-corrected chi connectivity index (χ3v) is 2.68. The molecule has 0 saturated carbocycles. The first-order valence-electron chi connectivity index (χ1n) is 5.57. The third kappa shape index (κ3) is 2.57. The number of aliphatic hydroxyl groups is 1. The molecule has 0 bridgehead atoms. The number of aliphatic hydroxyl groups excluding tert-OH is 1. The summed E-state index contributed by atoms with van der Waals surface area (Å²) in [5, 5.41) is 16.5. The lowest BCUT2D eigenvalue weighted by atomic mass is 10.2. The second-order valence-electron chi connectivity index (χ2n) is 3.97. The Labute approximate surface area is 93.9 Å². The molecule has 1 fully saturated rings. The van der Waals surface area contributed by atoms with Crippen LogP contribution in [0.15, 0.2) is 6.20 Å². The number of nitrogens with zero attached hydrogens (tertiary/aromatic N) is 4. The summed E-state index contributed by atoms with van der Waals surface area (Å²) in [7, 11) is 0. The number of aromatic nitrogens is 3. The van der Waals surface area contributed by atoms with Gasteiger partial charge in [-0.3, -0.25) is 4.79 Å². The molecule has 1 aromatic heterocycles. The van der Waals surface area contributed by atoms with Crippen LogP contribution in [-0.4, -0.2) is 50.6 Å². The maximum atomic E-state index is 11.6. The maximum Gasteiger partial charge on any atom is 0.244 e. The average Bonchev–Trinajstić information content (AvgIpc) is 2.59. The van der Waals surface area contributed by atoms with Crippen LogP contribution >= 0.6 is 0 Å². The zero-order valence-corrected chi connectivity index (χ0v) is 9.17. The van der Waals surface area contributed by atoms with Gasteiger partial charge in [-0.2, -0.15) is 0 Å².